The summed E-state index contributed by atoms with van der Waals surface area (Å²) in [5, 5.41) is 31.1. The van der Waals surface area contributed by atoms with E-state index in [0.717, 1.165) is 13.4 Å². The van der Waals surface area contributed by atoms with Crippen molar-refractivity contribution in [1.29, 1.82) is 0 Å². The normalized spacial score (nSPS) is 9.14. The Morgan fingerprint density at radius 3 is 1.59 bits per heavy atom. The van der Waals surface area contributed by atoms with E-state index in [1.165, 1.54) is 4.90 Å². The van der Waals surface area contributed by atoms with Crippen LogP contribution in [-0.2, 0) is 19.2 Å². The summed E-state index contributed by atoms with van der Waals surface area (Å²) in [4.78, 5) is 42.9. The van der Waals surface area contributed by atoms with Crippen molar-refractivity contribution in [2.75, 3.05) is 46.4 Å². The van der Waals surface area contributed by atoms with Gasteiger partial charge in [-0.3, -0.25) is 24.2 Å². The van der Waals surface area contributed by atoms with Crippen LogP contribution in [0.4, 0.5) is 0 Å². The SMILES string of the molecule is CCN(CC=O)CCN(CC(=O)O)CC(=O)O.CO.O=CO. The van der Waals surface area contributed by atoms with E-state index in [1.54, 1.807) is 0 Å². The fourth-order valence-corrected chi connectivity index (χ4v) is 1.36. The smallest absolute Gasteiger partial charge is 0.317 e. The molecule has 4 N–H and O–H groups in total. The average Bonchev–Trinajstić information content (AvgIpc) is 2.45. The third-order valence-electron chi connectivity index (χ3n) is 2.23. The molecule has 10 heteroatoms. The molecule has 0 atom stereocenters. The summed E-state index contributed by atoms with van der Waals surface area (Å²) < 4.78 is 0. The van der Waals surface area contributed by atoms with Crippen LogP contribution in [0.15, 0.2) is 0 Å². The molecule has 0 aromatic heterocycles. The van der Waals surface area contributed by atoms with Crippen molar-refractivity contribution in [2.24, 2.45) is 0 Å². The number of carbonyl (C=O) groups excluding carboxylic acids is 1. The number of aliphatic hydroxyl groups excluding tert-OH is 1. The van der Waals surface area contributed by atoms with Crippen LogP contribution in [0.3, 0.4) is 0 Å². The van der Waals surface area contributed by atoms with E-state index in [0.29, 0.717) is 19.6 Å². The number of aliphatic carboxylic acids is 2. The van der Waals surface area contributed by atoms with E-state index < -0.39 is 11.9 Å². The maximum Gasteiger partial charge on any atom is 0.317 e. The van der Waals surface area contributed by atoms with E-state index in [4.69, 9.17) is 25.2 Å². The highest BCUT2D eigenvalue weighted by atomic mass is 16.4. The van der Waals surface area contributed by atoms with Crippen molar-refractivity contribution in [2.45, 2.75) is 6.92 Å². The molecule has 0 rings (SSSR count). The molecule has 0 saturated carbocycles. The fourth-order valence-electron chi connectivity index (χ4n) is 1.36. The molecule has 0 amide bonds. The summed E-state index contributed by atoms with van der Waals surface area (Å²) in [6.07, 6.45) is 0.766. The molecule has 0 bridgehead atoms. The van der Waals surface area contributed by atoms with E-state index in [1.807, 2.05) is 11.8 Å². The van der Waals surface area contributed by atoms with Crippen LogP contribution >= 0.6 is 0 Å². The molecular formula is C12H24N2O8. The average molecular weight is 324 g/mol. The second-order valence-electron chi connectivity index (χ2n) is 3.66. The maximum atomic E-state index is 10.5. The third-order valence-corrected chi connectivity index (χ3v) is 2.23. The van der Waals surface area contributed by atoms with Crippen LogP contribution in [-0.4, -0.2) is 101 Å². The molecule has 22 heavy (non-hydrogen) atoms. The molecule has 0 radical (unpaired) electrons. The van der Waals surface area contributed by atoms with Crippen molar-refractivity contribution in [1.82, 2.24) is 9.80 Å². The molecule has 0 aromatic carbocycles. The minimum absolute atomic E-state index is 0.250. The van der Waals surface area contributed by atoms with Crippen LogP contribution in [0.2, 0.25) is 0 Å². The third kappa shape index (κ3) is 20.3. The first-order chi connectivity index (χ1) is 10.4. The molecule has 0 unspecified atom stereocenters. The number of rotatable bonds is 10. The van der Waals surface area contributed by atoms with Gasteiger partial charge in [0.15, 0.2) is 0 Å². The van der Waals surface area contributed by atoms with Crippen molar-refractivity contribution in [3.05, 3.63) is 0 Å². The van der Waals surface area contributed by atoms with Gasteiger partial charge in [0.25, 0.3) is 6.47 Å². The second kappa shape index (κ2) is 19.0. The minimum Gasteiger partial charge on any atom is -0.483 e. The number of hydrogen-bond acceptors (Lipinski definition) is 7. The Kier molecular flexibility index (Phi) is 21.5. The number of carboxylic acids is 2. The Labute approximate surface area is 128 Å². The molecule has 0 saturated heterocycles. The van der Waals surface area contributed by atoms with Gasteiger partial charge >= 0.3 is 11.9 Å². The van der Waals surface area contributed by atoms with Crippen LogP contribution in [0.25, 0.3) is 0 Å². The van der Waals surface area contributed by atoms with Crippen molar-refractivity contribution >= 4 is 24.7 Å². The van der Waals surface area contributed by atoms with Crippen LogP contribution in [0.5, 0.6) is 0 Å². The molecular weight excluding hydrogens is 300 g/mol. The zero-order valence-corrected chi connectivity index (χ0v) is 12.7. The van der Waals surface area contributed by atoms with Gasteiger partial charge in [-0.1, -0.05) is 6.92 Å². The number of aliphatic hydroxyl groups is 1. The Hall–Kier alpha value is -2.04. The fraction of sp³-hybridized carbons (Fsp3) is 0.667. The Balaban J connectivity index is -0.000000637. The number of nitrogens with zero attached hydrogens (tertiary/aromatic N) is 2. The number of hydrogen-bond donors (Lipinski definition) is 4. The molecule has 0 aromatic rings. The highest BCUT2D eigenvalue weighted by Crippen LogP contribution is 1.92. The molecule has 0 fully saturated rings. The van der Waals surface area contributed by atoms with Crippen LogP contribution < -0.4 is 0 Å². The number of carbonyl (C=O) groups is 4. The largest absolute Gasteiger partial charge is 0.483 e. The topological polar surface area (TPSA) is 156 Å². The molecule has 10 nitrogen and oxygen atoms in total. The first-order valence-electron chi connectivity index (χ1n) is 6.25. The molecule has 0 heterocycles. The van der Waals surface area contributed by atoms with Crippen molar-refractivity contribution in [3.8, 4) is 0 Å². The second-order valence-corrected chi connectivity index (χ2v) is 3.66. The standard InChI is InChI=1S/C10H18N2O5.CH2O2.CH4O/c1-2-11(5-6-13)3-4-12(7-9(14)15)8-10(16)17;2-1-3;1-2/h6H,2-5,7-8H2,1H3,(H,14,15)(H,16,17);1H,(H,2,3);2H,1H3. The van der Waals surface area contributed by atoms with Gasteiger partial charge in [0, 0.05) is 20.2 Å². The van der Waals surface area contributed by atoms with Crippen molar-refractivity contribution in [3.63, 3.8) is 0 Å². The number of carboxylic acid groups (broad SMARTS) is 3. The lowest BCUT2D eigenvalue weighted by Crippen LogP contribution is -2.40. The van der Waals surface area contributed by atoms with Gasteiger partial charge in [-0.2, -0.15) is 0 Å². The van der Waals surface area contributed by atoms with Gasteiger partial charge in [-0.15, -0.1) is 0 Å². The summed E-state index contributed by atoms with van der Waals surface area (Å²) in [5.41, 5.74) is 0. The van der Waals surface area contributed by atoms with E-state index in [2.05, 4.69) is 0 Å². The number of likely N-dealkylation sites (N-methyl/N-ethyl adjacent to an activating group) is 1. The maximum absolute atomic E-state index is 10.5. The lowest BCUT2D eigenvalue weighted by molar-refractivity contribution is -0.142. The summed E-state index contributed by atoms with van der Waals surface area (Å²) in [6, 6.07) is 0. The highest BCUT2D eigenvalue weighted by molar-refractivity contribution is 5.72. The Bertz CT molecular complexity index is 296. The molecule has 0 aliphatic heterocycles. The van der Waals surface area contributed by atoms with Crippen LogP contribution in [0.1, 0.15) is 6.92 Å². The zero-order chi connectivity index (χ0) is 18.0. The predicted octanol–water partition coefficient (Wildman–Crippen LogP) is -1.71. The molecule has 0 aliphatic carbocycles. The van der Waals surface area contributed by atoms with E-state index in [-0.39, 0.29) is 26.1 Å². The molecule has 0 spiro atoms. The highest BCUT2D eigenvalue weighted by Gasteiger charge is 2.14. The van der Waals surface area contributed by atoms with E-state index in [9.17, 15) is 14.4 Å². The minimum atomic E-state index is -1.07. The molecule has 130 valence electrons. The predicted molar refractivity (Wildman–Crippen MR) is 76.7 cm³/mol. The van der Waals surface area contributed by atoms with Crippen molar-refractivity contribution < 1.29 is 39.6 Å². The van der Waals surface area contributed by atoms with Gasteiger partial charge in [-0.05, 0) is 6.54 Å². The summed E-state index contributed by atoms with van der Waals surface area (Å²) in [6.45, 7) is 2.70. The monoisotopic (exact) mass is 324 g/mol. The molecule has 0 aliphatic rings. The van der Waals surface area contributed by atoms with Gasteiger partial charge in [0.05, 0.1) is 19.6 Å². The van der Waals surface area contributed by atoms with Gasteiger partial charge in [0.2, 0.25) is 0 Å². The quantitative estimate of drug-likeness (QED) is 0.341. The lowest BCUT2D eigenvalue weighted by atomic mass is 10.4. The first kappa shape index (κ1) is 24.9. The number of aldehydes is 1. The van der Waals surface area contributed by atoms with Gasteiger partial charge in [-0.25, -0.2) is 0 Å². The summed E-state index contributed by atoms with van der Waals surface area (Å²) in [5.74, 6) is -2.13. The lowest BCUT2D eigenvalue weighted by Gasteiger charge is -2.23. The Morgan fingerprint density at radius 1 is 0.955 bits per heavy atom. The van der Waals surface area contributed by atoms with Gasteiger partial charge in [0.1, 0.15) is 6.29 Å². The zero-order valence-electron chi connectivity index (χ0n) is 12.7. The Morgan fingerprint density at radius 2 is 1.32 bits per heavy atom. The summed E-state index contributed by atoms with van der Waals surface area (Å²) in [7, 11) is 1.00. The first-order valence-corrected chi connectivity index (χ1v) is 6.25. The summed E-state index contributed by atoms with van der Waals surface area (Å²) >= 11 is 0. The van der Waals surface area contributed by atoms with Gasteiger partial charge < -0.3 is 25.2 Å². The van der Waals surface area contributed by atoms with E-state index >= 15 is 0 Å². The van der Waals surface area contributed by atoms with Crippen LogP contribution in [0, 0.1) is 0 Å².